The van der Waals surface area contributed by atoms with Gasteiger partial charge >= 0.3 is 0 Å². The molecule has 1 amide bonds. The van der Waals surface area contributed by atoms with Gasteiger partial charge in [-0.05, 0) is 36.4 Å². The molecule has 0 saturated carbocycles. The molecule has 1 aliphatic rings. The van der Waals surface area contributed by atoms with Crippen molar-refractivity contribution in [1.82, 2.24) is 14.7 Å². The van der Waals surface area contributed by atoms with E-state index in [4.69, 9.17) is 16.3 Å². The molecule has 1 saturated heterocycles. The minimum absolute atomic E-state index is 0.207. The highest BCUT2D eigenvalue weighted by Crippen LogP contribution is 2.24. The first kappa shape index (κ1) is 21.8. The number of halogens is 2. The Morgan fingerprint density at radius 1 is 1.09 bits per heavy atom. The lowest BCUT2D eigenvalue weighted by atomic mass is 10.1. The maximum Gasteiger partial charge on any atom is 0.267 e. The normalized spacial score (nSPS) is 13.8. The highest BCUT2D eigenvalue weighted by atomic mass is 35.5. The van der Waals surface area contributed by atoms with Gasteiger partial charge in [0.2, 0.25) is 5.91 Å². The highest BCUT2D eigenvalue weighted by molar-refractivity contribution is 6.30. The van der Waals surface area contributed by atoms with E-state index >= 15 is 0 Å². The van der Waals surface area contributed by atoms with Crippen molar-refractivity contribution in [3.63, 3.8) is 0 Å². The van der Waals surface area contributed by atoms with Gasteiger partial charge in [-0.1, -0.05) is 17.7 Å². The van der Waals surface area contributed by atoms with E-state index < -0.39 is 11.4 Å². The van der Waals surface area contributed by atoms with Crippen LogP contribution in [0.3, 0.4) is 0 Å². The smallest absolute Gasteiger partial charge is 0.267 e. The van der Waals surface area contributed by atoms with Gasteiger partial charge in [-0.25, -0.2) is 9.07 Å². The minimum Gasteiger partial charge on any atom is -0.497 e. The van der Waals surface area contributed by atoms with E-state index in [1.807, 2.05) is 24.3 Å². The van der Waals surface area contributed by atoms with Crippen LogP contribution in [0.1, 0.15) is 0 Å². The minimum atomic E-state index is -0.523. The molecule has 9 heteroatoms. The van der Waals surface area contributed by atoms with Gasteiger partial charge in [-0.15, -0.1) is 0 Å². The average Bonchev–Trinajstić information content (AvgIpc) is 2.80. The Kier molecular flexibility index (Phi) is 6.41. The second kappa shape index (κ2) is 9.40. The first-order valence-corrected chi connectivity index (χ1v) is 10.5. The van der Waals surface area contributed by atoms with Gasteiger partial charge in [0.25, 0.3) is 5.56 Å². The van der Waals surface area contributed by atoms with Crippen molar-refractivity contribution in [3.8, 4) is 17.0 Å². The first-order valence-electron chi connectivity index (χ1n) is 10.1. The highest BCUT2D eigenvalue weighted by Gasteiger charge is 2.22. The lowest BCUT2D eigenvalue weighted by molar-refractivity contribution is -0.132. The summed E-state index contributed by atoms with van der Waals surface area (Å²) in [4.78, 5) is 28.9. The molecule has 2 heterocycles. The summed E-state index contributed by atoms with van der Waals surface area (Å²) in [6.07, 6.45) is 0. The van der Waals surface area contributed by atoms with Crippen molar-refractivity contribution in [1.29, 1.82) is 0 Å². The van der Waals surface area contributed by atoms with E-state index in [9.17, 15) is 14.0 Å². The van der Waals surface area contributed by atoms with Crippen LogP contribution in [0.2, 0.25) is 5.02 Å². The van der Waals surface area contributed by atoms with Crippen molar-refractivity contribution >= 4 is 23.2 Å². The molecule has 0 radical (unpaired) electrons. The number of carbonyl (C=O) groups is 1. The third-order valence-corrected chi connectivity index (χ3v) is 5.64. The fourth-order valence-electron chi connectivity index (χ4n) is 3.65. The quantitative estimate of drug-likeness (QED) is 0.590. The Morgan fingerprint density at radius 2 is 1.88 bits per heavy atom. The maximum atomic E-state index is 14.4. The Morgan fingerprint density at radius 3 is 2.56 bits per heavy atom. The molecule has 0 N–H and O–H groups in total. The van der Waals surface area contributed by atoms with Crippen LogP contribution in [-0.2, 0) is 11.3 Å². The van der Waals surface area contributed by atoms with Crippen molar-refractivity contribution < 1.29 is 13.9 Å². The van der Waals surface area contributed by atoms with Crippen LogP contribution in [0, 0.1) is 5.82 Å². The first-order chi connectivity index (χ1) is 15.4. The van der Waals surface area contributed by atoms with Crippen LogP contribution in [0.25, 0.3) is 11.3 Å². The van der Waals surface area contributed by atoms with Crippen LogP contribution in [0.5, 0.6) is 5.75 Å². The zero-order valence-electron chi connectivity index (χ0n) is 17.5. The molecule has 1 aliphatic heterocycles. The fourth-order valence-corrected chi connectivity index (χ4v) is 3.84. The van der Waals surface area contributed by atoms with Gasteiger partial charge in [-0.2, -0.15) is 5.10 Å². The number of ether oxygens (including phenoxy) is 1. The number of methoxy groups -OCH3 is 1. The Bertz CT molecular complexity index is 1190. The number of rotatable bonds is 5. The molecule has 0 aliphatic carbocycles. The second-order valence-corrected chi connectivity index (χ2v) is 7.84. The Hall–Kier alpha value is -3.39. The molecule has 1 aromatic heterocycles. The third kappa shape index (κ3) is 4.75. The molecule has 0 unspecified atom stereocenters. The van der Waals surface area contributed by atoms with Crippen molar-refractivity contribution in [2.45, 2.75) is 6.54 Å². The number of piperazine rings is 1. The van der Waals surface area contributed by atoms with E-state index in [-0.39, 0.29) is 23.7 Å². The van der Waals surface area contributed by atoms with Gasteiger partial charge in [0.15, 0.2) is 0 Å². The Balaban J connectivity index is 1.45. The molecule has 7 nitrogen and oxygen atoms in total. The number of benzene rings is 2. The molecular weight excluding hydrogens is 435 g/mol. The predicted octanol–water partition coefficient (Wildman–Crippen LogP) is 3.06. The number of aromatic nitrogens is 2. The van der Waals surface area contributed by atoms with E-state index in [1.165, 1.54) is 31.4 Å². The molecule has 1 fully saturated rings. The molecular formula is C23H22ClFN4O3. The number of anilines is 1. The summed E-state index contributed by atoms with van der Waals surface area (Å²) < 4.78 is 20.5. The molecule has 0 atom stereocenters. The lowest BCUT2D eigenvalue weighted by Gasteiger charge is -2.36. The summed E-state index contributed by atoms with van der Waals surface area (Å²) in [6.45, 7) is 2.15. The largest absolute Gasteiger partial charge is 0.497 e. The summed E-state index contributed by atoms with van der Waals surface area (Å²) in [5.74, 6) is -0.352. The summed E-state index contributed by atoms with van der Waals surface area (Å²) in [7, 11) is 1.45. The van der Waals surface area contributed by atoms with E-state index in [2.05, 4.69) is 10.00 Å². The third-order valence-electron chi connectivity index (χ3n) is 5.41. The van der Waals surface area contributed by atoms with Gasteiger partial charge in [-0.3, -0.25) is 9.59 Å². The number of amides is 1. The van der Waals surface area contributed by atoms with E-state index in [0.717, 1.165) is 10.4 Å². The fraction of sp³-hybridized carbons (Fsp3) is 0.261. The van der Waals surface area contributed by atoms with Crippen LogP contribution in [-0.4, -0.2) is 53.9 Å². The van der Waals surface area contributed by atoms with Crippen LogP contribution < -0.4 is 15.2 Å². The van der Waals surface area contributed by atoms with Gasteiger partial charge < -0.3 is 14.5 Å². The van der Waals surface area contributed by atoms with Gasteiger partial charge in [0, 0.05) is 54.6 Å². The lowest BCUT2D eigenvalue weighted by Crippen LogP contribution is -2.50. The molecule has 4 rings (SSSR count). The second-order valence-electron chi connectivity index (χ2n) is 7.41. The standard InChI is InChI=1S/C23H22ClFN4O3/c1-32-18-5-6-19(20(25)14-18)21-7-8-22(30)29(26-21)15-23(31)28-11-9-27(10-12-28)17-4-2-3-16(24)13-17/h2-8,13-14H,9-12,15H2,1H3. The molecule has 166 valence electrons. The molecule has 2 aromatic carbocycles. The molecule has 32 heavy (non-hydrogen) atoms. The van der Waals surface area contributed by atoms with Crippen molar-refractivity contribution in [3.05, 3.63) is 75.8 Å². The number of nitrogens with zero attached hydrogens (tertiary/aromatic N) is 4. The van der Waals surface area contributed by atoms with Crippen LogP contribution in [0.4, 0.5) is 10.1 Å². The summed E-state index contributed by atoms with van der Waals surface area (Å²) in [5, 5.41) is 4.88. The summed E-state index contributed by atoms with van der Waals surface area (Å²) in [6, 6.07) is 14.7. The van der Waals surface area contributed by atoms with E-state index in [1.54, 1.807) is 11.0 Å². The zero-order chi connectivity index (χ0) is 22.7. The zero-order valence-corrected chi connectivity index (χ0v) is 18.3. The SMILES string of the molecule is COc1ccc(-c2ccc(=O)n(CC(=O)N3CCN(c4cccc(Cl)c4)CC3)n2)c(F)c1. The van der Waals surface area contributed by atoms with Crippen LogP contribution in [0.15, 0.2) is 59.4 Å². The van der Waals surface area contributed by atoms with Crippen LogP contribution >= 0.6 is 11.6 Å². The topological polar surface area (TPSA) is 67.7 Å². The summed E-state index contributed by atoms with van der Waals surface area (Å²) in [5.41, 5.74) is 1.08. The van der Waals surface area contributed by atoms with Gasteiger partial charge in [0.05, 0.1) is 12.8 Å². The number of hydrogen-bond acceptors (Lipinski definition) is 5. The summed E-state index contributed by atoms with van der Waals surface area (Å²) >= 11 is 6.07. The predicted molar refractivity (Wildman–Crippen MR) is 121 cm³/mol. The number of carbonyl (C=O) groups excluding carboxylic acids is 1. The van der Waals surface area contributed by atoms with Crippen molar-refractivity contribution in [2.75, 3.05) is 38.2 Å². The van der Waals surface area contributed by atoms with Gasteiger partial charge in [0.1, 0.15) is 18.1 Å². The monoisotopic (exact) mass is 456 g/mol. The molecule has 3 aromatic rings. The van der Waals surface area contributed by atoms with E-state index in [0.29, 0.717) is 37.0 Å². The van der Waals surface area contributed by atoms with Crippen molar-refractivity contribution in [2.24, 2.45) is 0 Å². The maximum absolute atomic E-state index is 14.4. The molecule has 0 bridgehead atoms. The Labute approximate surface area is 189 Å². The molecule has 0 spiro atoms. The average molecular weight is 457 g/mol. The number of hydrogen-bond donors (Lipinski definition) is 0.